The fraction of sp³-hybridized carbons (Fsp3) is 0.462. The van der Waals surface area contributed by atoms with Crippen LogP contribution in [0.3, 0.4) is 0 Å². The fourth-order valence-corrected chi connectivity index (χ4v) is 6.02. The van der Waals surface area contributed by atoms with Gasteiger partial charge in [-0.3, -0.25) is 0 Å². The van der Waals surface area contributed by atoms with Crippen molar-refractivity contribution < 1.29 is 5.11 Å². The summed E-state index contributed by atoms with van der Waals surface area (Å²) in [6.45, 7) is 6.73. The quantitative estimate of drug-likeness (QED) is 0.247. The second-order valence-electron chi connectivity index (χ2n) is 10.0. The van der Waals surface area contributed by atoms with Gasteiger partial charge in [0.05, 0.1) is 23.6 Å². The van der Waals surface area contributed by atoms with E-state index < -0.39 is 5.41 Å². The van der Waals surface area contributed by atoms with Gasteiger partial charge in [0, 0.05) is 47.3 Å². The molecule has 37 heavy (non-hydrogen) atoms. The maximum atomic E-state index is 10.0. The van der Waals surface area contributed by atoms with Gasteiger partial charge in [-0.15, -0.1) is 0 Å². The van der Waals surface area contributed by atoms with Gasteiger partial charge in [-0.25, -0.2) is 14.6 Å². The average molecular weight is 633 g/mol. The third kappa shape index (κ3) is 5.55. The molecule has 0 aliphatic carbocycles. The van der Waals surface area contributed by atoms with Crippen LogP contribution in [-0.2, 0) is 12.0 Å². The molecule has 0 radical (unpaired) electrons. The van der Waals surface area contributed by atoms with Crippen LogP contribution in [0.2, 0.25) is 5.15 Å². The van der Waals surface area contributed by atoms with Crippen molar-refractivity contribution in [2.24, 2.45) is 5.92 Å². The van der Waals surface area contributed by atoms with E-state index in [4.69, 9.17) is 16.6 Å². The highest BCUT2D eigenvalue weighted by Gasteiger charge is 2.36. The van der Waals surface area contributed by atoms with Crippen LogP contribution in [-0.4, -0.2) is 67.0 Å². The number of nitrogens with one attached hydrogen (secondary N) is 2. The summed E-state index contributed by atoms with van der Waals surface area (Å²) in [6, 6.07) is 9.73. The summed E-state index contributed by atoms with van der Waals surface area (Å²) in [7, 11) is 0. The first-order valence-electron chi connectivity index (χ1n) is 12.5. The number of alkyl halides is 1. The molecule has 11 heteroatoms. The first-order valence-corrected chi connectivity index (χ1v) is 14.4. The minimum absolute atomic E-state index is 0.0139. The second-order valence-corrected chi connectivity index (χ2v) is 11.5. The molecule has 0 bridgehead atoms. The predicted octanol–water partition coefficient (Wildman–Crippen LogP) is 4.43. The number of hydrogen-bond donors (Lipinski definition) is 3. The highest BCUT2D eigenvalue weighted by molar-refractivity contribution is 14.1. The van der Waals surface area contributed by atoms with E-state index in [0.717, 1.165) is 66.1 Å². The Balaban J connectivity index is 1.37. The van der Waals surface area contributed by atoms with Crippen LogP contribution < -0.4 is 10.6 Å². The molecule has 0 saturated carbocycles. The van der Waals surface area contributed by atoms with Crippen molar-refractivity contribution in [3.63, 3.8) is 0 Å². The van der Waals surface area contributed by atoms with E-state index in [0.29, 0.717) is 34.8 Å². The van der Waals surface area contributed by atoms with Crippen LogP contribution in [0.1, 0.15) is 30.9 Å². The molecule has 194 valence electrons. The zero-order chi connectivity index (χ0) is 26.0. The van der Waals surface area contributed by atoms with E-state index in [1.165, 1.54) is 0 Å². The largest absolute Gasteiger partial charge is 0.395 e. The SMILES string of the molecule is C[C@]1(CO)CNc2c(C#N)cc(-c3ccnc(Nc4cc(Cl)nn4CC4CCN(CCI)CC4)n3)cc21. The number of halogens is 2. The molecule has 0 amide bonds. The lowest BCUT2D eigenvalue weighted by Crippen LogP contribution is -2.36. The summed E-state index contributed by atoms with van der Waals surface area (Å²) in [5, 5.41) is 31.3. The highest BCUT2D eigenvalue weighted by atomic mass is 127. The van der Waals surface area contributed by atoms with Crippen LogP contribution in [0.5, 0.6) is 0 Å². The first-order chi connectivity index (χ1) is 17.9. The molecule has 9 nitrogen and oxygen atoms in total. The van der Waals surface area contributed by atoms with Crippen molar-refractivity contribution in [2.45, 2.75) is 31.7 Å². The smallest absolute Gasteiger partial charge is 0.228 e. The molecule has 4 heterocycles. The molecule has 5 rings (SSSR count). The lowest BCUT2D eigenvalue weighted by molar-refractivity contribution is 0.180. The summed E-state index contributed by atoms with van der Waals surface area (Å²) < 4.78 is 3.07. The van der Waals surface area contributed by atoms with Crippen LogP contribution in [0, 0.1) is 17.2 Å². The summed E-state index contributed by atoms with van der Waals surface area (Å²) in [4.78, 5) is 11.7. The maximum absolute atomic E-state index is 10.0. The Morgan fingerprint density at radius 1 is 1.32 bits per heavy atom. The minimum atomic E-state index is -0.458. The van der Waals surface area contributed by atoms with Crippen molar-refractivity contribution in [2.75, 3.05) is 47.8 Å². The topological polar surface area (TPSA) is 115 Å². The Morgan fingerprint density at radius 2 is 2.14 bits per heavy atom. The number of hydrogen-bond acceptors (Lipinski definition) is 8. The number of aliphatic hydroxyl groups is 1. The summed E-state index contributed by atoms with van der Waals surface area (Å²) >= 11 is 8.72. The van der Waals surface area contributed by atoms with Crippen molar-refractivity contribution >= 4 is 51.6 Å². The number of benzene rings is 1. The molecule has 0 unspecified atom stereocenters. The Hall–Kier alpha value is -2.46. The number of aliphatic hydroxyl groups excluding tert-OH is 1. The molecule has 1 saturated heterocycles. The molecule has 1 fully saturated rings. The molecule has 3 aromatic rings. The molecule has 0 spiro atoms. The number of piperidine rings is 1. The Kier molecular flexibility index (Phi) is 7.85. The average Bonchev–Trinajstić information content (AvgIpc) is 3.43. The summed E-state index contributed by atoms with van der Waals surface area (Å²) in [5.74, 6) is 1.72. The number of likely N-dealkylation sites (tertiary alicyclic amines) is 1. The minimum Gasteiger partial charge on any atom is -0.395 e. The number of nitriles is 1. The zero-order valence-corrected chi connectivity index (χ0v) is 23.6. The van der Waals surface area contributed by atoms with Gasteiger partial charge in [0.15, 0.2) is 5.15 Å². The Morgan fingerprint density at radius 3 is 2.86 bits per heavy atom. The van der Waals surface area contributed by atoms with Crippen LogP contribution in [0.15, 0.2) is 30.5 Å². The third-order valence-electron chi connectivity index (χ3n) is 7.39. The van der Waals surface area contributed by atoms with Gasteiger partial charge in [-0.05, 0) is 55.6 Å². The van der Waals surface area contributed by atoms with Crippen molar-refractivity contribution in [1.29, 1.82) is 5.26 Å². The fourth-order valence-electron chi connectivity index (χ4n) is 5.14. The number of nitrogens with zero attached hydrogens (tertiary/aromatic N) is 6. The van der Waals surface area contributed by atoms with Gasteiger partial charge < -0.3 is 20.6 Å². The standard InChI is InChI=1S/C26H30ClIN8O/c1-26(16-37)15-31-24-19(13-29)10-18(11-20(24)26)21-2-6-30-25(32-21)33-23-12-22(27)34-36(23)14-17-3-7-35(8-4-17)9-5-28/h2,6,10-12,17,31,37H,3-5,7-9,14-16H2,1H3,(H,30,32,33)/t26-/m1/s1. The molecule has 3 N–H and O–H groups in total. The molecule has 1 aromatic carbocycles. The molecule has 2 aromatic heterocycles. The van der Waals surface area contributed by atoms with Crippen LogP contribution >= 0.6 is 34.2 Å². The maximum Gasteiger partial charge on any atom is 0.228 e. The number of anilines is 3. The molecular formula is C26H30ClIN8O. The van der Waals surface area contributed by atoms with Gasteiger partial charge in [0.2, 0.25) is 5.95 Å². The Labute approximate surface area is 235 Å². The van der Waals surface area contributed by atoms with E-state index in [1.54, 1.807) is 12.3 Å². The van der Waals surface area contributed by atoms with E-state index in [-0.39, 0.29) is 6.61 Å². The number of fused-ring (bicyclic) bond motifs is 1. The van der Waals surface area contributed by atoms with Gasteiger partial charge in [0.1, 0.15) is 11.9 Å². The van der Waals surface area contributed by atoms with Gasteiger partial charge in [-0.2, -0.15) is 10.4 Å². The first kappa shape index (κ1) is 26.2. The van der Waals surface area contributed by atoms with Gasteiger partial charge >= 0.3 is 0 Å². The van der Waals surface area contributed by atoms with Gasteiger partial charge in [-0.1, -0.05) is 41.1 Å². The summed E-state index contributed by atoms with van der Waals surface area (Å²) in [6.07, 6.45) is 3.97. The number of rotatable bonds is 8. The van der Waals surface area contributed by atoms with E-state index in [2.05, 4.69) is 54.3 Å². The lowest BCUT2D eigenvalue weighted by atomic mass is 9.83. The van der Waals surface area contributed by atoms with E-state index in [9.17, 15) is 10.4 Å². The van der Waals surface area contributed by atoms with Crippen molar-refractivity contribution in [3.8, 4) is 17.3 Å². The van der Waals surface area contributed by atoms with Gasteiger partial charge in [0.25, 0.3) is 0 Å². The molecule has 1 atom stereocenters. The molecular weight excluding hydrogens is 603 g/mol. The monoisotopic (exact) mass is 632 g/mol. The highest BCUT2D eigenvalue weighted by Crippen LogP contribution is 2.41. The second kappa shape index (κ2) is 11.1. The van der Waals surface area contributed by atoms with E-state index >= 15 is 0 Å². The lowest BCUT2D eigenvalue weighted by Gasteiger charge is -2.31. The zero-order valence-electron chi connectivity index (χ0n) is 20.7. The predicted molar refractivity (Wildman–Crippen MR) is 154 cm³/mol. The normalized spacial score (nSPS) is 19.9. The van der Waals surface area contributed by atoms with Crippen LogP contribution in [0.4, 0.5) is 17.5 Å². The number of aromatic nitrogens is 4. The molecule has 2 aliphatic rings. The molecule has 2 aliphatic heterocycles. The summed E-state index contributed by atoms with van der Waals surface area (Å²) in [5.41, 5.74) is 3.27. The van der Waals surface area contributed by atoms with Crippen molar-refractivity contribution in [1.82, 2.24) is 24.6 Å². The third-order valence-corrected chi connectivity index (χ3v) is 8.06. The van der Waals surface area contributed by atoms with E-state index in [1.807, 2.05) is 29.8 Å². The van der Waals surface area contributed by atoms with Crippen LogP contribution in [0.25, 0.3) is 11.3 Å². The Bertz CT molecular complexity index is 1320. The van der Waals surface area contributed by atoms with Crippen molar-refractivity contribution in [3.05, 3.63) is 46.7 Å².